The standard InChI is InChI=1S/C16H26N6OS2/c1-11-9-14(19-15(17-11)22(2)3)25-10-13(23)20-21-16(24)18-12-7-5-4-6-8-12/h9,12H,4-8,10H2,1-3H3,(H,20,23)(H2,18,21,24). The highest BCUT2D eigenvalue weighted by atomic mass is 32.2. The van der Waals surface area contributed by atoms with Crippen molar-refractivity contribution in [3.8, 4) is 0 Å². The molecule has 1 aromatic rings. The Morgan fingerprint density at radius 3 is 2.68 bits per heavy atom. The van der Waals surface area contributed by atoms with E-state index in [2.05, 4.69) is 26.1 Å². The highest BCUT2D eigenvalue weighted by molar-refractivity contribution is 7.99. The van der Waals surface area contributed by atoms with Crippen LogP contribution in [-0.2, 0) is 4.79 Å². The van der Waals surface area contributed by atoms with E-state index in [1.54, 1.807) is 0 Å². The van der Waals surface area contributed by atoms with Crippen LogP contribution in [0.2, 0.25) is 0 Å². The lowest BCUT2D eigenvalue weighted by molar-refractivity contribution is -0.119. The van der Waals surface area contributed by atoms with Crippen LogP contribution in [0.4, 0.5) is 5.95 Å². The van der Waals surface area contributed by atoms with Gasteiger partial charge in [0, 0.05) is 25.8 Å². The number of hydrazine groups is 1. The topological polar surface area (TPSA) is 82.2 Å². The second kappa shape index (κ2) is 9.76. The van der Waals surface area contributed by atoms with Crippen LogP contribution in [0.1, 0.15) is 37.8 Å². The first kappa shape index (κ1) is 19.7. The van der Waals surface area contributed by atoms with Gasteiger partial charge >= 0.3 is 0 Å². The monoisotopic (exact) mass is 382 g/mol. The fourth-order valence-corrected chi connectivity index (χ4v) is 3.54. The second-order valence-electron chi connectivity index (χ2n) is 6.31. The number of anilines is 1. The summed E-state index contributed by atoms with van der Waals surface area (Å²) in [4.78, 5) is 22.6. The van der Waals surface area contributed by atoms with E-state index in [1.807, 2.05) is 32.0 Å². The first-order valence-corrected chi connectivity index (χ1v) is 9.84. The van der Waals surface area contributed by atoms with Crippen LogP contribution in [0.5, 0.6) is 0 Å². The van der Waals surface area contributed by atoms with Gasteiger partial charge < -0.3 is 10.2 Å². The number of carbonyl (C=O) groups is 1. The van der Waals surface area contributed by atoms with Gasteiger partial charge in [-0.15, -0.1) is 0 Å². The normalized spacial score (nSPS) is 14.7. The minimum absolute atomic E-state index is 0.152. The van der Waals surface area contributed by atoms with Gasteiger partial charge in [0.05, 0.1) is 5.75 Å². The van der Waals surface area contributed by atoms with E-state index in [1.165, 1.54) is 31.0 Å². The molecule has 1 amide bonds. The number of thiocarbonyl (C=S) groups is 1. The highest BCUT2D eigenvalue weighted by Gasteiger charge is 2.14. The summed E-state index contributed by atoms with van der Waals surface area (Å²) in [6.45, 7) is 1.91. The van der Waals surface area contributed by atoms with Crippen molar-refractivity contribution in [1.29, 1.82) is 0 Å². The number of nitrogens with one attached hydrogen (secondary N) is 3. The lowest BCUT2D eigenvalue weighted by atomic mass is 9.96. The summed E-state index contributed by atoms with van der Waals surface area (Å²) in [7, 11) is 3.78. The van der Waals surface area contributed by atoms with Crippen LogP contribution < -0.4 is 21.1 Å². The minimum atomic E-state index is -0.152. The molecule has 0 bridgehead atoms. The Morgan fingerprint density at radius 1 is 1.28 bits per heavy atom. The predicted octanol–water partition coefficient (Wildman–Crippen LogP) is 1.77. The zero-order valence-corrected chi connectivity index (χ0v) is 16.6. The summed E-state index contributed by atoms with van der Waals surface area (Å²) in [5.74, 6) is 0.738. The van der Waals surface area contributed by atoms with E-state index in [9.17, 15) is 4.79 Å². The van der Waals surface area contributed by atoms with Gasteiger partial charge in [-0.1, -0.05) is 31.0 Å². The lowest BCUT2D eigenvalue weighted by Gasteiger charge is -2.24. The fraction of sp³-hybridized carbons (Fsp3) is 0.625. The van der Waals surface area contributed by atoms with Crippen molar-refractivity contribution in [3.63, 3.8) is 0 Å². The number of carbonyl (C=O) groups excluding carboxylic acids is 1. The Balaban J connectivity index is 1.72. The summed E-state index contributed by atoms with van der Waals surface area (Å²) in [6.07, 6.45) is 6.03. The maximum Gasteiger partial charge on any atom is 0.248 e. The third-order valence-corrected chi connectivity index (χ3v) is 4.96. The third-order valence-electron chi connectivity index (χ3n) is 3.83. The lowest BCUT2D eigenvalue weighted by Crippen LogP contribution is -2.50. The Kier molecular flexibility index (Phi) is 7.70. The van der Waals surface area contributed by atoms with E-state index in [0.29, 0.717) is 17.1 Å². The smallest absolute Gasteiger partial charge is 0.248 e. The van der Waals surface area contributed by atoms with E-state index in [4.69, 9.17) is 12.2 Å². The number of nitrogens with zero attached hydrogens (tertiary/aromatic N) is 3. The number of rotatable bonds is 5. The molecular weight excluding hydrogens is 356 g/mol. The molecule has 25 heavy (non-hydrogen) atoms. The molecule has 1 fully saturated rings. The molecule has 0 spiro atoms. The number of aryl methyl sites for hydroxylation is 1. The maximum atomic E-state index is 12.0. The first-order valence-electron chi connectivity index (χ1n) is 8.45. The molecule has 1 aliphatic rings. The fourth-order valence-electron chi connectivity index (χ4n) is 2.57. The van der Waals surface area contributed by atoms with Gasteiger partial charge in [0.2, 0.25) is 11.9 Å². The van der Waals surface area contributed by atoms with Crippen molar-refractivity contribution >= 4 is 40.9 Å². The van der Waals surface area contributed by atoms with Gasteiger partial charge in [-0.05, 0) is 38.0 Å². The van der Waals surface area contributed by atoms with Gasteiger partial charge in [-0.2, -0.15) is 0 Å². The van der Waals surface area contributed by atoms with E-state index >= 15 is 0 Å². The zero-order valence-electron chi connectivity index (χ0n) is 15.0. The number of thioether (sulfide) groups is 1. The third kappa shape index (κ3) is 7.03. The predicted molar refractivity (Wildman–Crippen MR) is 106 cm³/mol. The molecule has 0 unspecified atom stereocenters. The van der Waals surface area contributed by atoms with Gasteiger partial charge in [-0.25, -0.2) is 9.97 Å². The molecule has 1 heterocycles. The van der Waals surface area contributed by atoms with E-state index in [0.717, 1.165) is 23.6 Å². The molecule has 0 aromatic carbocycles. The molecule has 7 nitrogen and oxygen atoms in total. The maximum absolute atomic E-state index is 12.0. The molecule has 0 radical (unpaired) electrons. The summed E-state index contributed by atoms with van der Waals surface area (Å²) < 4.78 is 0. The van der Waals surface area contributed by atoms with Gasteiger partial charge in [-0.3, -0.25) is 15.6 Å². The summed E-state index contributed by atoms with van der Waals surface area (Å²) in [5, 5.41) is 4.49. The average Bonchev–Trinajstić information content (AvgIpc) is 2.58. The van der Waals surface area contributed by atoms with Gasteiger partial charge in [0.1, 0.15) is 5.03 Å². The molecule has 1 aromatic heterocycles. The van der Waals surface area contributed by atoms with Crippen LogP contribution in [0, 0.1) is 6.92 Å². The molecule has 0 aliphatic heterocycles. The van der Waals surface area contributed by atoms with E-state index in [-0.39, 0.29) is 11.7 Å². The molecule has 2 rings (SSSR count). The first-order chi connectivity index (χ1) is 11.9. The van der Waals surface area contributed by atoms with Crippen molar-refractivity contribution in [2.75, 3.05) is 24.7 Å². The average molecular weight is 383 g/mol. The minimum Gasteiger partial charge on any atom is -0.359 e. The van der Waals surface area contributed by atoms with Crippen molar-refractivity contribution in [1.82, 2.24) is 26.1 Å². The molecule has 3 N–H and O–H groups in total. The quantitative estimate of drug-likeness (QED) is 0.308. The van der Waals surface area contributed by atoms with Crippen molar-refractivity contribution in [3.05, 3.63) is 11.8 Å². The Bertz CT molecular complexity index is 604. The summed E-state index contributed by atoms with van der Waals surface area (Å²) in [5.41, 5.74) is 6.27. The molecular formula is C16H26N6OS2. The van der Waals surface area contributed by atoms with Gasteiger partial charge in [0.15, 0.2) is 5.11 Å². The van der Waals surface area contributed by atoms with Crippen LogP contribution in [0.25, 0.3) is 0 Å². The largest absolute Gasteiger partial charge is 0.359 e. The zero-order chi connectivity index (χ0) is 18.2. The molecule has 9 heteroatoms. The summed E-state index contributed by atoms with van der Waals surface area (Å²) >= 11 is 6.59. The second-order valence-corrected chi connectivity index (χ2v) is 7.72. The van der Waals surface area contributed by atoms with Gasteiger partial charge in [0.25, 0.3) is 0 Å². The van der Waals surface area contributed by atoms with Crippen molar-refractivity contribution in [2.24, 2.45) is 0 Å². The molecule has 0 atom stereocenters. The van der Waals surface area contributed by atoms with Crippen molar-refractivity contribution < 1.29 is 4.79 Å². The number of hydrogen-bond donors (Lipinski definition) is 3. The van der Waals surface area contributed by atoms with E-state index < -0.39 is 0 Å². The number of hydrogen-bond acceptors (Lipinski definition) is 6. The Labute approximate surface area is 158 Å². The number of amides is 1. The van der Waals surface area contributed by atoms with Crippen LogP contribution in [0.15, 0.2) is 11.1 Å². The molecule has 0 saturated heterocycles. The molecule has 1 aliphatic carbocycles. The number of aromatic nitrogens is 2. The highest BCUT2D eigenvalue weighted by Crippen LogP contribution is 2.18. The van der Waals surface area contributed by atoms with Crippen LogP contribution >= 0.6 is 24.0 Å². The van der Waals surface area contributed by atoms with Crippen LogP contribution in [-0.4, -0.2) is 46.9 Å². The van der Waals surface area contributed by atoms with Crippen molar-refractivity contribution in [2.45, 2.75) is 50.1 Å². The Morgan fingerprint density at radius 2 is 2.00 bits per heavy atom. The van der Waals surface area contributed by atoms with Crippen LogP contribution in [0.3, 0.4) is 0 Å². The molecule has 1 saturated carbocycles. The Hall–Kier alpha value is -1.61. The summed E-state index contributed by atoms with van der Waals surface area (Å²) in [6, 6.07) is 2.28. The molecule has 138 valence electrons. The SMILES string of the molecule is Cc1cc(SCC(=O)NNC(=S)NC2CCCCC2)nc(N(C)C)n1.